The molecule has 0 bridgehead atoms. The van der Waals surface area contributed by atoms with Crippen LogP contribution in [0.2, 0.25) is 0 Å². The van der Waals surface area contributed by atoms with Gasteiger partial charge in [-0.2, -0.15) is 11.8 Å². The van der Waals surface area contributed by atoms with E-state index in [0.717, 1.165) is 6.42 Å². The van der Waals surface area contributed by atoms with E-state index in [0.29, 0.717) is 38.8 Å². The molecule has 130 valence electrons. The topological polar surface area (TPSA) is 95.6 Å². The Labute approximate surface area is 140 Å². The quantitative estimate of drug-likeness (QED) is 0.439. The van der Waals surface area contributed by atoms with E-state index < -0.39 is 0 Å². The van der Waals surface area contributed by atoms with E-state index in [1.54, 1.807) is 0 Å². The molecule has 1 heterocycles. The molecule has 2 N–H and O–H groups in total. The van der Waals surface area contributed by atoms with E-state index in [1.165, 1.54) is 16.7 Å². The van der Waals surface area contributed by atoms with E-state index in [9.17, 15) is 19.2 Å². The third-order valence-electron chi connectivity index (χ3n) is 3.59. The van der Waals surface area contributed by atoms with E-state index in [2.05, 4.69) is 10.6 Å². The molecule has 0 aromatic heterocycles. The standard InChI is InChI=1S/C15H25N3O4S/c1-3-16-13(20)10-17-12(19)7-5-4-6-8-18-14(21)9-11(23-2)15(18)22/h11H,3-10H2,1-2H3,(H,16,20)(H,17,19). The van der Waals surface area contributed by atoms with Crippen LogP contribution in [0.3, 0.4) is 0 Å². The van der Waals surface area contributed by atoms with E-state index in [4.69, 9.17) is 0 Å². The van der Waals surface area contributed by atoms with Crippen LogP contribution in [0.4, 0.5) is 0 Å². The van der Waals surface area contributed by atoms with Crippen LogP contribution in [-0.2, 0) is 19.2 Å². The van der Waals surface area contributed by atoms with Crippen LogP contribution in [0, 0.1) is 0 Å². The number of nitrogens with zero attached hydrogens (tertiary/aromatic N) is 1. The normalized spacial score (nSPS) is 17.5. The number of hydrogen-bond acceptors (Lipinski definition) is 5. The van der Waals surface area contributed by atoms with E-state index >= 15 is 0 Å². The molecule has 0 aliphatic carbocycles. The van der Waals surface area contributed by atoms with Crippen LogP contribution in [0.1, 0.15) is 39.0 Å². The molecule has 8 heteroatoms. The lowest BCUT2D eigenvalue weighted by Gasteiger charge is -2.14. The zero-order valence-electron chi connectivity index (χ0n) is 13.7. The minimum Gasteiger partial charge on any atom is -0.355 e. The number of carbonyl (C=O) groups is 4. The first-order chi connectivity index (χ1) is 11.0. The van der Waals surface area contributed by atoms with Crippen molar-refractivity contribution in [1.29, 1.82) is 0 Å². The van der Waals surface area contributed by atoms with Gasteiger partial charge in [-0.1, -0.05) is 6.42 Å². The average Bonchev–Trinajstić information content (AvgIpc) is 2.80. The molecule has 0 aromatic rings. The molecule has 0 spiro atoms. The number of thioether (sulfide) groups is 1. The Kier molecular flexibility index (Phi) is 8.68. The number of hydrogen-bond donors (Lipinski definition) is 2. The molecular formula is C15H25N3O4S. The Morgan fingerprint density at radius 2 is 1.91 bits per heavy atom. The van der Waals surface area contributed by atoms with Crippen molar-refractivity contribution >= 4 is 35.4 Å². The third-order valence-corrected chi connectivity index (χ3v) is 4.53. The highest BCUT2D eigenvalue weighted by Gasteiger charge is 2.37. The lowest BCUT2D eigenvalue weighted by molar-refractivity contribution is -0.138. The Balaban J connectivity index is 2.11. The van der Waals surface area contributed by atoms with Gasteiger partial charge >= 0.3 is 0 Å². The monoisotopic (exact) mass is 343 g/mol. The van der Waals surface area contributed by atoms with E-state index in [-0.39, 0.29) is 35.4 Å². The number of rotatable bonds is 10. The van der Waals surface area contributed by atoms with Gasteiger partial charge in [-0.05, 0) is 26.0 Å². The summed E-state index contributed by atoms with van der Waals surface area (Å²) in [6.07, 6.45) is 4.59. The predicted octanol–water partition coefficient (Wildman–Crippen LogP) is 0.290. The van der Waals surface area contributed by atoms with Gasteiger partial charge < -0.3 is 10.6 Å². The summed E-state index contributed by atoms with van der Waals surface area (Å²) >= 11 is 1.41. The molecule has 0 aromatic carbocycles. The van der Waals surface area contributed by atoms with E-state index in [1.807, 2.05) is 13.2 Å². The molecule has 1 fully saturated rings. The number of imide groups is 1. The SMILES string of the molecule is CCNC(=O)CNC(=O)CCCCCN1C(=O)CC(SC)C1=O. The maximum Gasteiger partial charge on any atom is 0.242 e. The first-order valence-electron chi connectivity index (χ1n) is 7.90. The fourth-order valence-corrected chi connectivity index (χ4v) is 2.97. The average molecular weight is 343 g/mol. The Morgan fingerprint density at radius 3 is 2.52 bits per heavy atom. The van der Waals surface area contributed by atoms with Crippen molar-refractivity contribution < 1.29 is 19.2 Å². The molecule has 1 aliphatic heterocycles. The van der Waals surface area contributed by atoms with Gasteiger partial charge in [-0.25, -0.2) is 0 Å². The second kappa shape index (κ2) is 10.3. The van der Waals surface area contributed by atoms with Crippen LogP contribution in [0.25, 0.3) is 0 Å². The third kappa shape index (κ3) is 6.60. The summed E-state index contributed by atoms with van der Waals surface area (Å²) in [5.41, 5.74) is 0. The fourth-order valence-electron chi connectivity index (χ4n) is 2.33. The molecule has 1 atom stereocenters. The lowest BCUT2D eigenvalue weighted by atomic mass is 10.2. The number of carbonyl (C=O) groups excluding carboxylic acids is 4. The molecule has 7 nitrogen and oxygen atoms in total. The smallest absolute Gasteiger partial charge is 0.242 e. The maximum atomic E-state index is 11.9. The Bertz CT molecular complexity index is 456. The van der Waals surface area contributed by atoms with Crippen molar-refractivity contribution in [3.63, 3.8) is 0 Å². The van der Waals surface area contributed by atoms with Crippen molar-refractivity contribution in [1.82, 2.24) is 15.5 Å². The van der Waals surface area contributed by atoms with Crippen molar-refractivity contribution in [2.45, 2.75) is 44.3 Å². The van der Waals surface area contributed by atoms with Crippen LogP contribution < -0.4 is 10.6 Å². The van der Waals surface area contributed by atoms with Gasteiger partial charge in [0.05, 0.1) is 11.8 Å². The van der Waals surface area contributed by atoms with Crippen LogP contribution in [0.15, 0.2) is 0 Å². The first-order valence-corrected chi connectivity index (χ1v) is 9.18. The van der Waals surface area contributed by atoms with Crippen molar-refractivity contribution in [2.75, 3.05) is 25.9 Å². The van der Waals surface area contributed by atoms with Crippen LogP contribution in [0.5, 0.6) is 0 Å². The highest BCUT2D eigenvalue weighted by molar-refractivity contribution is 8.00. The molecule has 1 rings (SSSR count). The van der Waals surface area contributed by atoms with Crippen molar-refractivity contribution in [3.8, 4) is 0 Å². The summed E-state index contributed by atoms with van der Waals surface area (Å²) in [7, 11) is 0. The number of likely N-dealkylation sites (N-methyl/N-ethyl adjacent to an activating group) is 1. The Morgan fingerprint density at radius 1 is 1.17 bits per heavy atom. The second-order valence-corrected chi connectivity index (χ2v) is 6.39. The number of unbranched alkanes of at least 4 members (excludes halogenated alkanes) is 2. The van der Waals surface area contributed by atoms with Crippen LogP contribution in [-0.4, -0.2) is 59.7 Å². The molecule has 0 radical (unpaired) electrons. The molecular weight excluding hydrogens is 318 g/mol. The molecule has 1 saturated heterocycles. The molecule has 1 unspecified atom stereocenters. The Hall–Kier alpha value is -1.57. The van der Waals surface area contributed by atoms with Gasteiger partial charge in [-0.3, -0.25) is 24.1 Å². The number of nitrogens with one attached hydrogen (secondary N) is 2. The summed E-state index contributed by atoms with van der Waals surface area (Å²) in [5.74, 6) is -0.557. The fraction of sp³-hybridized carbons (Fsp3) is 0.733. The summed E-state index contributed by atoms with van der Waals surface area (Å²) < 4.78 is 0. The maximum absolute atomic E-state index is 11.9. The molecule has 1 aliphatic rings. The zero-order valence-corrected chi connectivity index (χ0v) is 14.5. The summed E-state index contributed by atoms with van der Waals surface area (Å²) in [5, 5.41) is 4.92. The summed E-state index contributed by atoms with van der Waals surface area (Å²) in [6, 6.07) is 0. The lowest BCUT2D eigenvalue weighted by Crippen LogP contribution is -2.36. The summed E-state index contributed by atoms with van der Waals surface area (Å²) in [6.45, 7) is 2.78. The van der Waals surface area contributed by atoms with Gasteiger partial charge in [0, 0.05) is 25.9 Å². The highest BCUT2D eigenvalue weighted by Crippen LogP contribution is 2.23. The van der Waals surface area contributed by atoms with Gasteiger partial charge in [0.15, 0.2) is 0 Å². The van der Waals surface area contributed by atoms with Crippen molar-refractivity contribution in [3.05, 3.63) is 0 Å². The number of amides is 4. The minimum absolute atomic E-state index is 0.000469. The van der Waals surface area contributed by atoms with Gasteiger partial charge in [0.25, 0.3) is 0 Å². The molecule has 4 amide bonds. The first kappa shape index (κ1) is 19.5. The summed E-state index contributed by atoms with van der Waals surface area (Å²) in [4.78, 5) is 47.7. The number of likely N-dealkylation sites (tertiary alicyclic amines) is 1. The molecule has 23 heavy (non-hydrogen) atoms. The van der Waals surface area contributed by atoms with Gasteiger partial charge in [0.1, 0.15) is 0 Å². The predicted molar refractivity (Wildman–Crippen MR) is 88.8 cm³/mol. The van der Waals surface area contributed by atoms with Crippen molar-refractivity contribution in [2.24, 2.45) is 0 Å². The second-order valence-electron chi connectivity index (χ2n) is 5.35. The molecule has 0 saturated carbocycles. The van der Waals surface area contributed by atoms with Crippen LogP contribution >= 0.6 is 11.8 Å². The van der Waals surface area contributed by atoms with Gasteiger partial charge in [0.2, 0.25) is 23.6 Å². The zero-order chi connectivity index (χ0) is 17.2. The minimum atomic E-state index is -0.234. The highest BCUT2D eigenvalue weighted by atomic mass is 32.2. The van der Waals surface area contributed by atoms with Gasteiger partial charge in [-0.15, -0.1) is 0 Å². The largest absolute Gasteiger partial charge is 0.355 e.